The summed E-state index contributed by atoms with van der Waals surface area (Å²) in [4.78, 5) is 11.8. The quantitative estimate of drug-likeness (QED) is 0.653. The fourth-order valence-corrected chi connectivity index (χ4v) is 2.10. The van der Waals surface area contributed by atoms with E-state index in [2.05, 4.69) is 36.5 Å². The van der Waals surface area contributed by atoms with E-state index in [4.69, 9.17) is 11.6 Å². The molecular formula is C18H19ClN2O. The number of rotatable bonds is 5. The molecule has 0 unspecified atom stereocenters. The van der Waals surface area contributed by atoms with Gasteiger partial charge in [-0.25, -0.2) is 5.43 Å². The number of carbonyl (C=O) groups excluding carboxylic acids is 1. The predicted octanol–water partition coefficient (Wildman–Crippen LogP) is 4.16. The number of carbonyl (C=O) groups is 1. The zero-order chi connectivity index (χ0) is 15.9. The normalized spacial score (nSPS) is 11.1. The van der Waals surface area contributed by atoms with Crippen molar-refractivity contribution in [1.29, 1.82) is 0 Å². The van der Waals surface area contributed by atoms with Gasteiger partial charge in [-0.05, 0) is 34.7 Å². The summed E-state index contributed by atoms with van der Waals surface area (Å²) in [7, 11) is 0. The molecule has 0 heterocycles. The summed E-state index contributed by atoms with van der Waals surface area (Å²) in [6, 6.07) is 15.3. The first-order valence-corrected chi connectivity index (χ1v) is 7.58. The molecule has 4 heteroatoms. The standard InChI is InChI=1S/C18H19ClN2O/c1-13(2)16-7-3-15(4-8-16)12-20-21-18(22)11-14-5-9-17(19)10-6-14/h3-10,12-13H,11H2,1-2H3,(H,21,22)/b20-12+. The van der Waals surface area contributed by atoms with Crippen molar-refractivity contribution >= 4 is 23.7 Å². The molecule has 0 bridgehead atoms. The smallest absolute Gasteiger partial charge is 0.244 e. The van der Waals surface area contributed by atoms with Crippen LogP contribution in [0.4, 0.5) is 0 Å². The number of hydrazone groups is 1. The number of hydrogen-bond donors (Lipinski definition) is 1. The maximum Gasteiger partial charge on any atom is 0.244 e. The van der Waals surface area contributed by atoms with Crippen LogP contribution in [-0.4, -0.2) is 12.1 Å². The van der Waals surface area contributed by atoms with Crippen molar-refractivity contribution in [1.82, 2.24) is 5.43 Å². The third kappa shape index (κ3) is 5.01. The largest absolute Gasteiger partial charge is 0.273 e. The molecule has 0 aromatic heterocycles. The molecule has 0 aliphatic heterocycles. The van der Waals surface area contributed by atoms with Crippen LogP contribution in [0, 0.1) is 0 Å². The van der Waals surface area contributed by atoms with E-state index in [1.54, 1.807) is 18.3 Å². The Labute approximate surface area is 136 Å². The zero-order valence-corrected chi connectivity index (χ0v) is 13.5. The fraction of sp³-hybridized carbons (Fsp3) is 0.222. The Morgan fingerprint density at radius 1 is 1.14 bits per heavy atom. The number of nitrogens with zero attached hydrogens (tertiary/aromatic N) is 1. The molecular weight excluding hydrogens is 296 g/mol. The molecule has 1 amide bonds. The monoisotopic (exact) mass is 314 g/mol. The summed E-state index contributed by atoms with van der Waals surface area (Å²) in [5, 5.41) is 4.64. The van der Waals surface area contributed by atoms with E-state index in [-0.39, 0.29) is 12.3 Å². The molecule has 0 saturated carbocycles. The van der Waals surface area contributed by atoms with Crippen LogP contribution < -0.4 is 5.43 Å². The molecule has 0 aliphatic carbocycles. The number of benzene rings is 2. The maximum atomic E-state index is 11.8. The van der Waals surface area contributed by atoms with E-state index >= 15 is 0 Å². The minimum Gasteiger partial charge on any atom is -0.273 e. The van der Waals surface area contributed by atoms with Crippen molar-refractivity contribution in [2.45, 2.75) is 26.2 Å². The minimum atomic E-state index is -0.155. The molecule has 0 saturated heterocycles. The van der Waals surface area contributed by atoms with Gasteiger partial charge in [0.15, 0.2) is 0 Å². The summed E-state index contributed by atoms with van der Waals surface area (Å²) < 4.78 is 0. The van der Waals surface area contributed by atoms with Gasteiger partial charge in [-0.1, -0.05) is 61.8 Å². The first kappa shape index (κ1) is 16.2. The molecule has 114 valence electrons. The molecule has 1 N–H and O–H groups in total. The Bertz CT molecular complexity index is 646. The Hall–Kier alpha value is -2.13. The molecule has 2 rings (SSSR count). The van der Waals surface area contributed by atoms with Crippen molar-refractivity contribution in [2.75, 3.05) is 0 Å². The lowest BCUT2D eigenvalue weighted by Gasteiger charge is -2.04. The maximum absolute atomic E-state index is 11.8. The topological polar surface area (TPSA) is 41.5 Å². The second-order valence-corrected chi connectivity index (χ2v) is 5.85. The lowest BCUT2D eigenvalue weighted by Crippen LogP contribution is -2.19. The zero-order valence-electron chi connectivity index (χ0n) is 12.7. The molecule has 2 aromatic carbocycles. The van der Waals surface area contributed by atoms with Gasteiger partial charge in [-0.2, -0.15) is 5.10 Å². The van der Waals surface area contributed by atoms with Gasteiger partial charge in [0.1, 0.15) is 0 Å². The summed E-state index contributed by atoms with van der Waals surface area (Å²) in [5.41, 5.74) is 5.67. The van der Waals surface area contributed by atoms with E-state index in [0.717, 1.165) is 11.1 Å². The summed E-state index contributed by atoms with van der Waals surface area (Å²) in [6.07, 6.45) is 1.92. The molecule has 22 heavy (non-hydrogen) atoms. The van der Waals surface area contributed by atoms with Crippen molar-refractivity contribution in [3.63, 3.8) is 0 Å². The molecule has 0 aliphatic rings. The van der Waals surface area contributed by atoms with Gasteiger partial charge in [-0.3, -0.25) is 4.79 Å². The number of nitrogens with one attached hydrogen (secondary N) is 1. The lowest BCUT2D eigenvalue weighted by molar-refractivity contribution is -0.120. The van der Waals surface area contributed by atoms with Gasteiger partial charge < -0.3 is 0 Å². The minimum absolute atomic E-state index is 0.155. The average Bonchev–Trinajstić information content (AvgIpc) is 2.50. The summed E-state index contributed by atoms with van der Waals surface area (Å²) >= 11 is 5.81. The molecule has 2 aromatic rings. The van der Waals surface area contributed by atoms with Crippen LogP contribution in [0.2, 0.25) is 5.02 Å². The highest BCUT2D eigenvalue weighted by Crippen LogP contribution is 2.13. The van der Waals surface area contributed by atoms with Gasteiger partial charge >= 0.3 is 0 Å². The SMILES string of the molecule is CC(C)c1ccc(/C=N/NC(=O)Cc2ccc(Cl)cc2)cc1. The lowest BCUT2D eigenvalue weighted by atomic mass is 10.0. The molecule has 0 fully saturated rings. The van der Waals surface area contributed by atoms with Crippen molar-refractivity contribution in [2.24, 2.45) is 5.10 Å². The Kier molecular flexibility index (Phi) is 5.73. The number of hydrogen-bond acceptors (Lipinski definition) is 2. The van der Waals surface area contributed by atoms with Crippen LogP contribution in [0.25, 0.3) is 0 Å². The van der Waals surface area contributed by atoms with Crippen LogP contribution in [-0.2, 0) is 11.2 Å². The molecule has 0 atom stereocenters. The fourth-order valence-electron chi connectivity index (χ4n) is 1.97. The third-order valence-corrected chi connectivity index (χ3v) is 3.54. The average molecular weight is 315 g/mol. The van der Waals surface area contributed by atoms with Gasteiger partial charge in [-0.15, -0.1) is 0 Å². The van der Waals surface area contributed by atoms with Crippen LogP contribution in [0.1, 0.15) is 36.5 Å². The van der Waals surface area contributed by atoms with Gasteiger partial charge in [0, 0.05) is 5.02 Å². The van der Waals surface area contributed by atoms with Gasteiger partial charge in [0.25, 0.3) is 0 Å². The number of amides is 1. The second kappa shape index (κ2) is 7.76. The second-order valence-electron chi connectivity index (χ2n) is 5.42. The van der Waals surface area contributed by atoms with E-state index in [0.29, 0.717) is 10.9 Å². The highest BCUT2D eigenvalue weighted by molar-refractivity contribution is 6.30. The van der Waals surface area contributed by atoms with E-state index < -0.39 is 0 Å². The Morgan fingerprint density at radius 2 is 1.77 bits per heavy atom. The molecule has 3 nitrogen and oxygen atoms in total. The van der Waals surface area contributed by atoms with E-state index in [9.17, 15) is 4.79 Å². The predicted molar refractivity (Wildman–Crippen MR) is 91.4 cm³/mol. The number of halogens is 1. The van der Waals surface area contributed by atoms with Crippen LogP contribution in [0.15, 0.2) is 53.6 Å². The van der Waals surface area contributed by atoms with Crippen molar-refractivity contribution in [3.05, 3.63) is 70.2 Å². The van der Waals surface area contributed by atoms with Crippen molar-refractivity contribution < 1.29 is 4.79 Å². The summed E-state index contributed by atoms with van der Waals surface area (Å²) in [5.74, 6) is 0.349. The van der Waals surface area contributed by atoms with Gasteiger partial charge in [0.05, 0.1) is 12.6 Å². The van der Waals surface area contributed by atoms with Crippen molar-refractivity contribution in [3.8, 4) is 0 Å². The Balaban J connectivity index is 1.86. The summed E-state index contributed by atoms with van der Waals surface area (Å²) in [6.45, 7) is 4.31. The van der Waals surface area contributed by atoms with Crippen LogP contribution in [0.5, 0.6) is 0 Å². The molecule has 0 radical (unpaired) electrons. The van der Waals surface area contributed by atoms with E-state index in [1.165, 1.54) is 5.56 Å². The Morgan fingerprint density at radius 3 is 2.36 bits per heavy atom. The molecule has 0 spiro atoms. The first-order valence-electron chi connectivity index (χ1n) is 7.21. The highest BCUT2D eigenvalue weighted by Gasteiger charge is 2.02. The first-order chi connectivity index (χ1) is 10.5. The van der Waals surface area contributed by atoms with Crippen LogP contribution in [0.3, 0.4) is 0 Å². The van der Waals surface area contributed by atoms with Gasteiger partial charge in [0.2, 0.25) is 5.91 Å². The highest BCUT2D eigenvalue weighted by atomic mass is 35.5. The van der Waals surface area contributed by atoms with E-state index in [1.807, 2.05) is 24.3 Å². The third-order valence-electron chi connectivity index (χ3n) is 3.28. The van der Waals surface area contributed by atoms with Crippen LogP contribution >= 0.6 is 11.6 Å².